The van der Waals surface area contributed by atoms with Gasteiger partial charge in [0.25, 0.3) is 5.91 Å². The molecule has 1 amide bonds. The summed E-state index contributed by atoms with van der Waals surface area (Å²) in [5.74, 6) is 1.19. The highest BCUT2D eigenvalue weighted by molar-refractivity contribution is 9.11. The minimum atomic E-state index is -0.462. The molecule has 2 aromatic carbocycles. The number of allylic oxidation sites excluding steroid dienone is 4. The van der Waals surface area contributed by atoms with Crippen molar-refractivity contribution in [3.63, 3.8) is 0 Å². The van der Waals surface area contributed by atoms with Crippen LogP contribution in [-0.4, -0.2) is 24.1 Å². The van der Waals surface area contributed by atoms with E-state index in [1.54, 1.807) is 0 Å². The molecule has 1 aliphatic heterocycles. The maximum absolute atomic E-state index is 13.0. The first-order chi connectivity index (χ1) is 17.3. The number of benzene rings is 2. The molecule has 6 nitrogen and oxygen atoms in total. The van der Waals surface area contributed by atoms with E-state index in [9.17, 15) is 14.4 Å². The van der Waals surface area contributed by atoms with Gasteiger partial charge in [0.15, 0.2) is 18.2 Å². The smallest absolute Gasteiger partial charge is 0.262 e. The zero-order valence-corrected chi connectivity index (χ0v) is 23.0. The molecular weight excluding hydrogens is 590 g/mol. The Hall–Kier alpha value is -2.71. The number of rotatable bonds is 5. The monoisotopic (exact) mass is 613 g/mol. The lowest BCUT2D eigenvalue weighted by Crippen LogP contribution is -2.30. The Balaban J connectivity index is 1.42. The molecule has 36 heavy (non-hydrogen) atoms. The van der Waals surface area contributed by atoms with E-state index in [0.717, 1.165) is 24.0 Å². The van der Waals surface area contributed by atoms with Gasteiger partial charge in [-0.05, 0) is 81.5 Å². The van der Waals surface area contributed by atoms with Gasteiger partial charge in [-0.2, -0.15) is 0 Å². The zero-order chi connectivity index (χ0) is 25.4. The van der Waals surface area contributed by atoms with Gasteiger partial charge in [0.1, 0.15) is 17.3 Å². The predicted molar refractivity (Wildman–Crippen MR) is 143 cm³/mol. The average Bonchev–Trinajstić information content (AvgIpc) is 2.84. The minimum Gasteiger partial charge on any atom is -0.481 e. The van der Waals surface area contributed by atoms with Gasteiger partial charge < -0.3 is 14.8 Å². The molecule has 0 saturated carbocycles. The summed E-state index contributed by atoms with van der Waals surface area (Å²) < 4.78 is 13.2. The van der Waals surface area contributed by atoms with Gasteiger partial charge in [-0.25, -0.2) is 0 Å². The quantitative estimate of drug-likeness (QED) is 0.407. The first-order valence-corrected chi connectivity index (χ1v) is 13.6. The third-order valence-corrected chi connectivity index (χ3v) is 7.86. The molecule has 0 fully saturated rings. The Bertz CT molecular complexity index is 1260. The van der Waals surface area contributed by atoms with Crippen molar-refractivity contribution in [3.05, 3.63) is 79.1 Å². The lowest BCUT2D eigenvalue weighted by Gasteiger charge is -2.36. The number of hydrogen-bond donors (Lipinski definition) is 1. The van der Waals surface area contributed by atoms with Crippen LogP contribution < -0.4 is 10.1 Å². The number of hydrogen-bond acceptors (Lipinski definition) is 5. The number of carbonyl (C=O) groups is 3. The van der Waals surface area contributed by atoms with Crippen LogP contribution in [0.4, 0.5) is 5.69 Å². The van der Waals surface area contributed by atoms with Gasteiger partial charge in [-0.15, -0.1) is 0 Å². The fourth-order valence-corrected chi connectivity index (χ4v) is 6.46. The van der Waals surface area contributed by atoms with Gasteiger partial charge in [0.2, 0.25) is 0 Å². The summed E-state index contributed by atoms with van der Waals surface area (Å²) in [5, 5.41) is 2.82. The van der Waals surface area contributed by atoms with Crippen molar-refractivity contribution in [2.24, 2.45) is 0 Å². The Morgan fingerprint density at radius 1 is 0.944 bits per heavy atom. The summed E-state index contributed by atoms with van der Waals surface area (Å²) >= 11 is 7.15. The second kappa shape index (κ2) is 10.3. The average molecular weight is 615 g/mol. The topological polar surface area (TPSA) is 81.7 Å². The number of halogens is 2. The van der Waals surface area contributed by atoms with E-state index in [4.69, 9.17) is 9.47 Å². The van der Waals surface area contributed by atoms with Crippen LogP contribution in [0.5, 0.6) is 5.75 Å². The number of Topliss-reactive ketones (excluding diaryl/α,β-unsaturated/α-hetero) is 2. The molecule has 3 aliphatic rings. The summed E-state index contributed by atoms with van der Waals surface area (Å²) in [7, 11) is 0. The van der Waals surface area contributed by atoms with Crippen molar-refractivity contribution in [1.29, 1.82) is 0 Å². The number of ketones is 2. The van der Waals surface area contributed by atoms with Crippen LogP contribution in [0.3, 0.4) is 0 Å². The largest absolute Gasteiger partial charge is 0.481 e. The molecule has 5 rings (SSSR count). The highest BCUT2D eigenvalue weighted by Crippen LogP contribution is 2.49. The summed E-state index contributed by atoms with van der Waals surface area (Å²) in [4.78, 5) is 38.5. The first-order valence-electron chi connectivity index (χ1n) is 12.0. The number of anilines is 1. The second-order valence-corrected chi connectivity index (χ2v) is 11.0. The van der Waals surface area contributed by atoms with Crippen LogP contribution in [-0.2, 0) is 19.1 Å². The summed E-state index contributed by atoms with van der Waals surface area (Å²) in [5.41, 5.74) is 3.81. The van der Waals surface area contributed by atoms with Crippen LogP contribution >= 0.6 is 31.9 Å². The predicted octanol–water partition coefficient (Wildman–Crippen LogP) is 6.67. The maximum atomic E-state index is 13.0. The van der Waals surface area contributed by atoms with E-state index in [2.05, 4.69) is 37.2 Å². The molecule has 0 radical (unpaired) electrons. The van der Waals surface area contributed by atoms with Crippen LogP contribution in [0.25, 0.3) is 0 Å². The van der Waals surface area contributed by atoms with Crippen LogP contribution in [0.1, 0.15) is 55.6 Å². The number of ether oxygens (including phenoxy) is 2. The molecule has 0 spiro atoms. The van der Waals surface area contributed by atoms with E-state index in [1.165, 1.54) is 0 Å². The summed E-state index contributed by atoms with van der Waals surface area (Å²) in [6, 6.07) is 11.3. The van der Waals surface area contributed by atoms with Crippen LogP contribution in [0.2, 0.25) is 0 Å². The number of aryl methyl sites for hydroxylation is 1. The normalized spacial score (nSPS) is 18.0. The lowest BCUT2D eigenvalue weighted by atomic mass is 9.73. The molecular formula is C28H25Br2NO5. The number of nitrogens with one attached hydrogen (secondary N) is 1. The molecule has 0 bridgehead atoms. The van der Waals surface area contributed by atoms with E-state index >= 15 is 0 Å². The van der Waals surface area contributed by atoms with E-state index in [0.29, 0.717) is 68.7 Å². The van der Waals surface area contributed by atoms with Crippen molar-refractivity contribution in [3.8, 4) is 5.75 Å². The highest BCUT2D eigenvalue weighted by atomic mass is 79.9. The van der Waals surface area contributed by atoms with Gasteiger partial charge in [0.05, 0.1) is 8.95 Å². The third kappa shape index (κ3) is 4.93. The maximum Gasteiger partial charge on any atom is 0.262 e. The zero-order valence-electron chi connectivity index (χ0n) is 19.8. The Morgan fingerprint density at radius 3 is 2.06 bits per heavy atom. The van der Waals surface area contributed by atoms with E-state index in [-0.39, 0.29) is 24.1 Å². The molecule has 186 valence electrons. The fraction of sp³-hybridized carbons (Fsp3) is 0.321. The molecule has 1 heterocycles. The highest BCUT2D eigenvalue weighted by Gasteiger charge is 2.42. The number of amides is 1. The van der Waals surface area contributed by atoms with Gasteiger partial charge in [-0.3, -0.25) is 14.4 Å². The minimum absolute atomic E-state index is 0.0338. The van der Waals surface area contributed by atoms with Crippen LogP contribution in [0, 0.1) is 6.92 Å². The Labute approximate surface area is 226 Å². The SMILES string of the molecule is Cc1ccc(NC(=O)COc2c(Br)cc(C3C4=C(CCCC4=O)OC4=C3C(=O)CCC4)cc2Br)cc1. The Kier molecular flexibility index (Phi) is 7.17. The molecule has 2 aliphatic carbocycles. The third-order valence-electron chi connectivity index (χ3n) is 6.68. The lowest BCUT2D eigenvalue weighted by molar-refractivity contribution is -0.119. The Morgan fingerprint density at radius 2 is 1.50 bits per heavy atom. The van der Waals surface area contributed by atoms with Gasteiger partial charge >= 0.3 is 0 Å². The molecule has 0 unspecified atom stereocenters. The van der Waals surface area contributed by atoms with E-state index in [1.807, 2.05) is 43.3 Å². The second-order valence-electron chi connectivity index (χ2n) is 9.28. The van der Waals surface area contributed by atoms with E-state index < -0.39 is 5.92 Å². The molecule has 1 N–H and O–H groups in total. The standard InChI is InChI=1S/C28H25Br2NO5/c1-15-8-10-17(11-9-15)31-24(34)14-35-28-18(29)12-16(13-19(28)30)25-26-20(32)4-2-6-22(26)36-23-7-3-5-21(33)27(23)25/h8-13,25H,2-7,14H2,1H3,(H,31,34). The molecule has 0 aromatic heterocycles. The summed E-state index contributed by atoms with van der Waals surface area (Å²) in [6.07, 6.45) is 3.81. The number of carbonyl (C=O) groups excluding carboxylic acids is 3. The fourth-order valence-electron chi connectivity index (χ4n) is 5.01. The molecule has 0 atom stereocenters. The molecule has 8 heteroatoms. The van der Waals surface area contributed by atoms with Gasteiger partial charge in [-0.1, -0.05) is 17.7 Å². The van der Waals surface area contributed by atoms with Gasteiger partial charge in [0, 0.05) is 48.4 Å². The van der Waals surface area contributed by atoms with Crippen molar-refractivity contribution in [1.82, 2.24) is 0 Å². The van der Waals surface area contributed by atoms with Crippen molar-refractivity contribution in [2.75, 3.05) is 11.9 Å². The van der Waals surface area contributed by atoms with Crippen molar-refractivity contribution < 1.29 is 23.9 Å². The molecule has 2 aromatic rings. The first kappa shape index (κ1) is 25.0. The molecule has 0 saturated heterocycles. The van der Waals surface area contributed by atoms with Crippen LogP contribution in [0.15, 0.2) is 68.0 Å². The van der Waals surface area contributed by atoms with Crippen molar-refractivity contribution >= 4 is 55.0 Å². The van der Waals surface area contributed by atoms with Crippen molar-refractivity contribution in [2.45, 2.75) is 51.4 Å². The summed E-state index contributed by atoms with van der Waals surface area (Å²) in [6.45, 7) is 1.81.